The van der Waals surface area contributed by atoms with Crippen LogP contribution in [0.1, 0.15) is 32.0 Å². The first-order valence-electron chi connectivity index (χ1n) is 6.21. The van der Waals surface area contributed by atoms with E-state index in [0.29, 0.717) is 11.2 Å². The molecule has 5 heteroatoms. The van der Waals surface area contributed by atoms with Gasteiger partial charge < -0.3 is 5.11 Å². The van der Waals surface area contributed by atoms with Crippen LogP contribution in [0.3, 0.4) is 0 Å². The number of hydrogen-bond donors (Lipinski definition) is 1. The normalized spacial score (nSPS) is 11.6. The van der Waals surface area contributed by atoms with Gasteiger partial charge in [-0.2, -0.15) is 5.26 Å². The molecule has 0 radical (unpaired) electrons. The Bertz CT molecular complexity index is 733. The maximum absolute atomic E-state index is 11.7. The summed E-state index contributed by atoms with van der Waals surface area (Å²) >= 11 is 3.40. The molecule has 0 saturated heterocycles. The highest BCUT2D eigenvalue weighted by Gasteiger charge is 2.29. The maximum Gasteiger partial charge on any atom is 0.416 e. The van der Waals surface area contributed by atoms with Gasteiger partial charge in [0.2, 0.25) is 0 Å². The van der Waals surface area contributed by atoms with E-state index in [9.17, 15) is 9.90 Å². The highest BCUT2D eigenvalue weighted by atomic mass is 79.9. The van der Waals surface area contributed by atoms with Gasteiger partial charge in [0.15, 0.2) is 0 Å². The summed E-state index contributed by atoms with van der Waals surface area (Å²) in [7, 11) is 0. The van der Waals surface area contributed by atoms with Gasteiger partial charge in [0.25, 0.3) is 0 Å². The monoisotopic (exact) mass is 334 g/mol. The third kappa shape index (κ3) is 2.32. The van der Waals surface area contributed by atoms with E-state index in [-0.39, 0.29) is 11.8 Å². The zero-order valence-corrected chi connectivity index (χ0v) is 13.2. The lowest BCUT2D eigenvalue weighted by Gasteiger charge is -2.21. The van der Waals surface area contributed by atoms with E-state index in [1.165, 1.54) is 4.57 Å². The van der Waals surface area contributed by atoms with Gasteiger partial charge in [0.1, 0.15) is 0 Å². The zero-order chi connectivity index (χ0) is 15.1. The van der Waals surface area contributed by atoms with Crippen LogP contribution in [-0.4, -0.2) is 15.8 Å². The van der Waals surface area contributed by atoms with E-state index in [2.05, 4.69) is 22.0 Å². The minimum atomic E-state index is -1.02. The van der Waals surface area contributed by atoms with E-state index in [0.717, 1.165) is 15.4 Å². The highest BCUT2D eigenvalue weighted by Crippen LogP contribution is 2.36. The van der Waals surface area contributed by atoms with Crippen molar-refractivity contribution in [3.63, 3.8) is 0 Å². The summed E-state index contributed by atoms with van der Waals surface area (Å²) in [5, 5.41) is 19.4. The van der Waals surface area contributed by atoms with Crippen LogP contribution in [0.15, 0.2) is 22.7 Å². The summed E-state index contributed by atoms with van der Waals surface area (Å²) in [4.78, 5) is 11.7. The van der Waals surface area contributed by atoms with Crippen molar-refractivity contribution >= 4 is 32.9 Å². The largest absolute Gasteiger partial charge is 0.464 e. The molecule has 20 heavy (non-hydrogen) atoms. The molecule has 4 nitrogen and oxygen atoms in total. The van der Waals surface area contributed by atoms with Gasteiger partial charge in [-0.1, -0.05) is 36.7 Å². The molecule has 1 aromatic carbocycles. The van der Waals surface area contributed by atoms with Crippen LogP contribution in [0.4, 0.5) is 4.79 Å². The fraction of sp³-hybridized carbons (Fsp3) is 0.333. The Balaban J connectivity index is 3.00. The average Bonchev–Trinajstić information content (AvgIpc) is 2.64. The second kappa shape index (κ2) is 4.95. The summed E-state index contributed by atoms with van der Waals surface area (Å²) in [5.74, 6) is 0. The van der Waals surface area contributed by atoms with Gasteiger partial charge in [0, 0.05) is 21.0 Å². The standard InChI is InChI=1S/C15H15BrN2O2/c1-15(2,3)13-10(6-7-17)11-8-9(16)4-5-12(11)18(13)14(19)20/h4-5,8H,6H2,1-3H3,(H,19,20). The molecule has 1 heterocycles. The summed E-state index contributed by atoms with van der Waals surface area (Å²) in [6.45, 7) is 5.86. The average molecular weight is 335 g/mol. The second-order valence-electron chi connectivity index (χ2n) is 5.69. The predicted octanol–water partition coefficient (Wildman–Crippen LogP) is 4.29. The predicted molar refractivity (Wildman–Crippen MR) is 81.1 cm³/mol. The summed E-state index contributed by atoms with van der Waals surface area (Å²) in [6.07, 6.45) is -0.828. The van der Waals surface area contributed by atoms with E-state index in [4.69, 9.17) is 5.26 Å². The Labute approximate surface area is 125 Å². The van der Waals surface area contributed by atoms with Crippen molar-refractivity contribution in [2.24, 2.45) is 0 Å². The number of aromatic nitrogens is 1. The zero-order valence-electron chi connectivity index (χ0n) is 11.6. The number of carbonyl (C=O) groups is 1. The molecule has 0 atom stereocenters. The van der Waals surface area contributed by atoms with Crippen LogP contribution in [0.5, 0.6) is 0 Å². The Kier molecular flexibility index (Phi) is 3.61. The lowest BCUT2D eigenvalue weighted by molar-refractivity contribution is 0.195. The molecule has 0 bridgehead atoms. The molecule has 0 unspecified atom stereocenters. The van der Waals surface area contributed by atoms with Crippen LogP contribution >= 0.6 is 15.9 Å². The molecule has 0 saturated carbocycles. The molecule has 2 rings (SSSR count). The SMILES string of the molecule is CC(C)(C)c1c(CC#N)c2cc(Br)ccc2n1C(=O)O. The van der Waals surface area contributed by atoms with Gasteiger partial charge in [-0.05, 0) is 23.8 Å². The van der Waals surface area contributed by atoms with E-state index >= 15 is 0 Å². The number of fused-ring (bicyclic) bond motifs is 1. The van der Waals surface area contributed by atoms with Gasteiger partial charge in [-0.15, -0.1) is 0 Å². The number of rotatable bonds is 1. The van der Waals surface area contributed by atoms with Crippen molar-refractivity contribution in [3.05, 3.63) is 33.9 Å². The Morgan fingerprint density at radius 1 is 1.45 bits per heavy atom. The van der Waals surface area contributed by atoms with Crippen molar-refractivity contribution in [2.45, 2.75) is 32.6 Å². The topological polar surface area (TPSA) is 66.0 Å². The molecule has 1 aromatic heterocycles. The highest BCUT2D eigenvalue weighted by molar-refractivity contribution is 9.10. The maximum atomic E-state index is 11.7. The first kappa shape index (κ1) is 14.6. The van der Waals surface area contributed by atoms with Crippen LogP contribution in [0.25, 0.3) is 10.9 Å². The third-order valence-corrected chi connectivity index (χ3v) is 3.68. The molecular weight excluding hydrogens is 320 g/mol. The van der Waals surface area contributed by atoms with Crippen molar-refractivity contribution in [3.8, 4) is 6.07 Å². The molecule has 2 aromatic rings. The first-order valence-corrected chi connectivity index (χ1v) is 7.00. The minimum absolute atomic E-state index is 0.194. The number of benzene rings is 1. The quantitative estimate of drug-likeness (QED) is 0.845. The summed E-state index contributed by atoms with van der Waals surface area (Å²) in [5.41, 5.74) is 1.73. The molecule has 1 N–H and O–H groups in total. The van der Waals surface area contributed by atoms with E-state index in [1.54, 1.807) is 6.07 Å². The van der Waals surface area contributed by atoms with Crippen molar-refractivity contribution in [1.82, 2.24) is 4.57 Å². The molecule has 0 amide bonds. The van der Waals surface area contributed by atoms with Crippen molar-refractivity contribution in [2.75, 3.05) is 0 Å². The molecule has 0 aliphatic carbocycles. The first-order chi connectivity index (χ1) is 9.27. The van der Waals surface area contributed by atoms with Gasteiger partial charge in [0.05, 0.1) is 18.0 Å². The van der Waals surface area contributed by atoms with Gasteiger partial charge in [-0.25, -0.2) is 9.36 Å². The Hall–Kier alpha value is -1.80. The minimum Gasteiger partial charge on any atom is -0.464 e. The Morgan fingerprint density at radius 2 is 2.10 bits per heavy atom. The van der Waals surface area contributed by atoms with Crippen molar-refractivity contribution in [1.29, 1.82) is 5.26 Å². The number of nitriles is 1. The number of nitrogens with zero attached hydrogens (tertiary/aromatic N) is 2. The molecule has 0 aliphatic heterocycles. The van der Waals surface area contributed by atoms with Crippen LogP contribution < -0.4 is 0 Å². The molecule has 0 spiro atoms. The third-order valence-electron chi connectivity index (χ3n) is 3.19. The summed E-state index contributed by atoms with van der Waals surface area (Å²) < 4.78 is 2.17. The smallest absolute Gasteiger partial charge is 0.416 e. The molecule has 0 aliphatic rings. The molecular formula is C15H15BrN2O2. The lowest BCUT2D eigenvalue weighted by Crippen LogP contribution is -2.23. The lowest BCUT2D eigenvalue weighted by atomic mass is 9.88. The Morgan fingerprint density at radius 3 is 2.60 bits per heavy atom. The van der Waals surface area contributed by atoms with Gasteiger partial charge >= 0.3 is 6.09 Å². The number of carboxylic acid groups (broad SMARTS) is 1. The van der Waals surface area contributed by atoms with E-state index < -0.39 is 6.09 Å². The summed E-state index contributed by atoms with van der Waals surface area (Å²) in [6, 6.07) is 7.59. The number of halogens is 1. The number of hydrogen-bond acceptors (Lipinski definition) is 2. The van der Waals surface area contributed by atoms with E-state index in [1.807, 2.05) is 32.9 Å². The molecule has 0 fully saturated rings. The van der Waals surface area contributed by atoms with Crippen LogP contribution in [0.2, 0.25) is 0 Å². The molecule has 104 valence electrons. The second-order valence-corrected chi connectivity index (χ2v) is 6.61. The van der Waals surface area contributed by atoms with Crippen LogP contribution in [0, 0.1) is 11.3 Å². The van der Waals surface area contributed by atoms with Crippen molar-refractivity contribution < 1.29 is 9.90 Å². The van der Waals surface area contributed by atoms with Crippen LogP contribution in [-0.2, 0) is 11.8 Å². The fourth-order valence-electron chi connectivity index (χ4n) is 2.57. The van der Waals surface area contributed by atoms with Gasteiger partial charge in [-0.3, -0.25) is 0 Å². The fourth-order valence-corrected chi connectivity index (χ4v) is 2.93.